The molecule has 29 heavy (non-hydrogen) atoms. The molecule has 1 unspecified atom stereocenters. The highest BCUT2D eigenvalue weighted by atomic mass is 127. The number of guanidine groups is 1. The molecule has 1 fully saturated rings. The van der Waals surface area contributed by atoms with E-state index in [-0.39, 0.29) is 30.0 Å². The second kappa shape index (κ2) is 10.3. The summed E-state index contributed by atoms with van der Waals surface area (Å²) in [4.78, 5) is 7.20. The molecule has 0 bridgehead atoms. The number of likely N-dealkylation sites (tertiary alicyclic amines) is 1. The van der Waals surface area contributed by atoms with E-state index < -0.39 is 0 Å². The Labute approximate surface area is 190 Å². The summed E-state index contributed by atoms with van der Waals surface area (Å²) >= 11 is 0. The van der Waals surface area contributed by atoms with Gasteiger partial charge in [-0.05, 0) is 86.1 Å². The van der Waals surface area contributed by atoms with Crippen LogP contribution in [0.2, 0.25) is 0 Å². The summed E-state index contributed by atoms with van der Waals surface area (Å²) in [6, 6.07) is 15.1. The van der Waals surface area contributed by atoms with Crippen molar-refractivity contribution >= 4 is 35.6 Å². The molecule has 0 radical (unpaired) electrons. The van der Waals surface area contributed by atoms with Gasteiger partial charge in [-0.25, -0.2) is 0 Å². The molecular weight excluding hydrogens is 475 g/mol. The number of fused-ring (bicyclic) bond motifs is 1. The number of aryl methyl sites for hydroxylation is 2. The molecule has 1 heterocycles. The van der Waals surface area contributed by atoms with E-state index in [1.54, 1.807) is 7.11 Å². The molecule has 3 N–H and O–H groups in total. The van der Waals surface area contributed by atoms with Gasteiger partial charge in [0, 0.05) is 5.69 Å². The number of nitrogens with one attached hydrogen (secondary N) is 1. The first-order chi connectivity index (χ1) is 13.7. The van der Waals surface area contributed by atoms with E-state index in [0.717, 1.165) is 30.9 Å². The van der Waals surface area contributed by atoms with Gasteiger partial charge in [0.15, 0.2) is 5.96 Å². The van der Waals surface area contributed by atoms with Crippen LogP contribution >= 0.6 is 24.0 Å². The van der Waals surface area contributed by atoms with Gasteiger partial charge in [-0.2, -0.15) is 0 Å². The summed E-state index contributed by atoms with van der Waals surface area (Å²) in [5.74, 6) is 1.36. The van der Waals surface area contributed by atoms with Crippen LogP contribution in [0.4, 0.5) is 5.69 Å². The molecule has 0 aromatic heterocycles. The number of anilines is 1. The van der Waals surface area contributed by atoms with Crippen LogP contribution in [0.25, 0.3) is 0 Å². The highest BCUT2D eigenvalue weighted by molar-refractivity contribution is 14.0. The van der Waals surface area contributed by atoms with Crippen LogP contribution in [0, 0.1) is 0 Å². The first-order valence-electron chi connectivity index (χ1n) is 10.3. The monoisotopic (exact) mass is 506 g/mol. The zero-order valence-corrected chi connectivity index (χ0v) is 19.4. The lowest BCUT2D eigenvalue weighted by Gasteiger charge is -2.27. The fourth-order valence-corrected chi connectivity index (χ4v) is 4.33. The van der Waals surface area contributed by atoms with E-state index in [0.29, 0.717) is 12.5 Å². The standard InChI is InChI=1S/C23H30N4O.HI/c1-28-21-11-8-18(9-12-21)22(27-13-2-3-14-27)16-25-23(24)26-20-10-7-17-5-4-6-19(17)15-20;/h7-12,15,22H,2-6,13-14,16H2,1H3,(H3,24,25,26);1H. The van der Waals surface area contributed by atoms with Crippen molar-refractivity contribution in [1.29, 1.82) is 0 Å². The van der Waals surface area contributed by atoms with Gasteiger partial charge in [-0.3, -0.25) is 9.89 Å². The van der Waals surface area contributed by atoms with E-state index in [9.17, 15) is 0 Å². The summed E-state index contributed by atoms with van der Waals surface area (Å²) in [6.07, 6.45) is 6.11. The first-order valence-corrected chi connectivity index (χ1v) is 10.3. The number of aliphatic imine (C=N–C) groups is 1. The molecule has 0 spiro atoms. The van der Waals surface area contributed by atoms with Gasteiger partial charge in [0.25, 0.3) is 0 Å². The van der Waals surface area contributed by atoms with Crippen molar-refractivity contribution in [1.82, 2.24) is 4.90 Å². The molecule has 0 saturated carbocycles. The Kier molecular flexibility index (Phi) is 7.77. The normalized spacial score (nSPS) is 17.5. The van der Waals surface area contributed by atoms with Crippen molar-refractivity contribution in [2.75, 3.05) is 32.1 Å². The minimum absolute atomic E-state index is 0. The third kappa shape index (κ3) is 5.42. The van der Waals surface area contributed by atoms with E-state index >= 15 is 0 Å². The van der Waals surface area contributed by atoms with Crippen molar-refractivity contribution in [3.8, 4) is 5.75 Å². The molecule has 1 saturated heterocycles. The van der Waals surface area contributed by atoms with Crippen LogP contribution in [0.1, 0.15) is 42.0 Å². The minimum atomic E-state index is 0. The molecule has 1 atom stereocenters. The maximum Gasteiger partial charge on any atom is 0.193 e. The highest BCUT2D eigenvalue weighted by Gasteiger charge is 2.23. The van der Waals surface area contributed by atoms with Gasteiger partial charge >= 0.3 is 0 Å². The second-order valence-electron chi connectivity index (χ2n) is 7.72. The Morgan fingerprint density at radius 1 is 1.07 bits per heavy atom. The number of nitrogens with zero attached hydrogens (tertiary/aromatic N) is 2. The van der Waals surface area contributed by atoms with Gasteiger partial charge in [0.2, 0.25) is 0 Å². The van der Waals surface area contributed by atoms with E-state index in [1.165, 1.54) is 42.4 Å². The molecule has 4 rings (SSSR count). The molecule has 2 aromatic rings. The molecule has 2 aliphatic rings. The van der Waals surface area contributed by atoms with E-state index in [1.807, 2.05) is 12.1 Å². The summed E-state index contributed by atoms with van der Waals surface area (Å²) in [5, 5.41) is 3.28. The predicted octanol–water partition coefficient (Wildman–Crippen LogP) is 4.37. The average Bonchev–Trinajstić information content (AvgIpc) is 3.40. The van der Waals surface area contributed by atoms with Gasteiger partial charge in [0.1, 0.15) is 5.75 Å². The largest absolute Gasteiger partial charge is 0.497 e. The molecular formula is C23H31IN4O. The van der Waals surface area contributed by atoms with Crippen molar-refractivity contribution in [2.45, 2.75) is 38.1 Å². The third-order valence-electron chi connectivity index (χ3n) is 5.89. The lowest BCUT2D eigenvalue weighted by atomic mass is 10.1. The number of methoxy groups -OCH3 is 1. The summed E-state index contributed by atoms with van der Waals surface area (Å²) in [5.41, 5.74) is 11.4. The molecule has 0 amide bonds. The summed E-state index contributed by atoms with van der Waals surface area (Å²) in [7, 11) is 1.70. The number of ether oxygens (including phenoxy) is 1. The van der Waals surface area contributed by atoms with Crippen LogP contribution in [0.15, 0.2) is 47.5 Å². The summed E-state index contributed by atoms with van der Waals surface area (Å²) < 4.78 is 5.30. The lowest BCUT2D eigenvalue weighted by Crippen LogP contribution is -2.30. The first kappa shape index (κ1) is 21.9. The summed E-state index contributed by atoms with van der Waals surface area (Å²) in [6.45, 7) is 2.88. The maximum absolute atomic E-state index is 6.22. The number of hydrogen-bond acceptors (Lipinski definition) is 3. The quantitative estimate of drug-likeness (QED) is 0.347. The number of benzene rings is 2. The van der Waals surface area contributed by atoms with Gasteiger partial charge < -0.3 is 15.8 Å². The molecule has 6 heteroatoms. The Hall–Kier alpha value is -1.80. The zero-order valence-electron chi connectivity index (χ0n) is 17.1. The fourth-order valence-electron chi connectivity index (χ4n) is 4.33. The van der Waals surface area contributed by atoms with Crippen LogP contribution in [-0.2, 0) is 12.8 Å². The highest BCUT2D eigenvalue weighted by Crippen LogP contribution is 2.27. The van der Waals surface area contributed by atoms with Gasteiger partial charge in [0.05, 0.1) is 19.7 Å². The smallest absolute Gasteiger partial charge is 0.193 e. The molecule has 1 aliphatic heterocycles. The molecule has 156 valence electrons. The maximum atomic E-state index is 6.22. The molecule has 2 aromatic carbocycles. The van der Waals surface area contributed by atoms with E-state index in [4.69, 9.17) is 10.5 Å². The minimum Gasteiger partial charge on any atom is -0.497 e. The molecule has 5 nitrogen and oxygen atoms in total. The van der Waals surface area contributed by atoms with Gasteiger partial charge in [-0.15, -0.1) is 24.0 Å². The Morgan fingerprint density at radius 3 is 2.52 bits per heavy atom. The van der Waals surface area contributed by atoms with Crippen molar-refractivity contribution < 1.29 is 4.74 Å². The fraction of sp³-hybridized carbons (Fsp3) is 0.435. The lowest BCUT2D eigenvalue weighted by molar-refractivity contribution is 0.251. The van der Waals surface area contributed by atoms with Crippen LogP contribution in [0.3, 0.4) is 0 Å². The second-order valence-corrected chi connectivity index (χ2v) is 7.72. The van der Waals surface area contributed by atoms with Gasteiger partial charge in [-0.1, -0.05) is 18.2 Å². The van der Waals surface area contributed by atoms with Crippen molar-refractivity contribution in [2.24, 2.45) is 10.7 Å². The predicted molar refractivity (Wildman–Crippen MR) is 131 cm³/mol. The Bertz CT molecular complexity index is 831. The van der Waals surface area contributed by atoms with Crippen molar-refractivity contribution in [3.63, 3.8) is 0 Å². The topological polar surface area (TPSA) is 62.9 Å². The Balaban J connectivity index is 0.00000240. The number of halogens is 1. The van der Waals surface area contributed by atoms with Crippen molar-refractivity contribution in [3.05, 3.63) is 59.2 Å². The number of rotatable bonds is 6. The van der Waals surface area contributed by atoms with Crippen LogP contribution < -0.4 is 15.8 Å². The third-order valence-corrected chi connectivity index (χ3v) is 5.89. The number of nitrogens with two attached hydrogens (primary N) is 1. The van der Waals surface area contributed by atoms with Crippen LogP contribution in [-0.4, -0.2) is 37.6 Å². The Morgan fingerprint density at radius 2 is 1.79 bits per heavy atom. The average molecular weight is 506 g/mol. The SMILES string of the molecule is COc1ccc(C(CN=C(N)Nc2ccc3c(c2)CCC3)N2CCCC2)cc1.I. The zero-order chi connectivity index (χ0) is 19.3. The molecule has 1 aliphatic carbocycles. The van der Waals surface area contributed by atoms with Crippen LogP contribution in [0.5, 0.6) is 5.75 Å². The van der Waals surface area contributed by atoms with E-state index in [2.05, 4.69) is 45.5 Å². The number of hydrogen-bond donors (Lipinski definition) is 2.